The number of hydrogen-bond donors (Lipinski definition) is 2. The monoisotopic (exact) mass is 397 g/mol. The molecule has 6 heteroatoms. The molecule has 2 atom stereocenters. The lowest BCUT2D eigenvalue weighted by molar-refractivity contribution is 0.171. The van der Waals surface area contributed by atoms with E-state index in [4.69, 9.17) is 4.18 Å². The van der Waals surface area contributed by atoms with Gasteiger partial charge in [0.25, 0.3) is 0 Å². The lowest BCUT2D eigenvalue weighted by Crippen LogP contribution is -2.24. The van der Waals surface area contributed by atoms with Crippen LogP contribution in [0.1, 0.15) is 30.2 Å². The minimum absolute atomic E-state index is 0.0956. The minimum Gasteiger partial charge on any atom is -0.387 e. The van der Waals surface area contributed by atoms with E-state index in [1.807, 2.05) is 37.3 Å². The van der Waals surface area contributed by atoms with E-state index >= 15 is 0 Å². The van der Waals surface area contributed by atoms with Gasteiger partial charge in [-0.25, -0.2) is 0 Å². The molecule has 3 rings (SSSR count). The van der Waals surface area contributed by atoms with Crippen molar-refractivity contribution in [2.45, 2.75) is 24.0 Å². The van der Waals surface area contributed by atoms with Crippen molar-refractivity contribution < 1.29 is 17.7 Å². The van der Waals surface area contributed by atoms with E-state index in [2.05, 4.69) is 5.32 Å². The molecule has 0 saturated carbocycles. The summed E-state index contributed by atoms with van der Waals surface area (Å²) < 4.78 is 29.7. The van der Waals surface area contributed by atoms with E-state index in [0.29, 0.717) is 12.1 Å². The van der Waals surface area contributed by atoms with E-state index < -0.39 is 16.2 Å². The molecule has 0 bridgehead atoms. The Morgan fingerprint density at radius 3 is 2.04 bits per heavy atom. The second-order valence-corrected chi connectivity index (χ2v) is 8.02. The molecule has 0 radical (unpaired) electrons. The fraction of sp³-hybridized carbons (Fsp3) is 0.182. The first-order chi connectivity index (χ1) is 13.5. The van der Waals surface area contributed by atoms with Gasteiger partial charge < -0.3 is 14.6 Å². The van der Waals surface area contributed by atoms with Gasteiger partial charge in [0.05, 0.1) is 6.10 Å². The molecule has 0 saturated heterocycles. The van der Waals surface area contributed by atoms with Crippen LogP contribution >= 0.6 is 0 Å². The molecule has 0 aliphatic carbocycles. The highest BCUT2D eigenvalue weighted by Crippen LogP contribution is 2.22. The van der Waals surface area contributed by atoms with E-state index in [-0.39, 0.29) is 16.7 Å². The molecule has 0 aliphatic rings. The summed E-state index contributed by atoms with van der Waals surface area (Å²) in [7, 11) is -3.87. The third-order valence-corrected chi connectivity index (χ3v) is 5.68. The maximum absolute atomic E-state index is 12.3. The average Bonchev–Trinajstić information content (AvgIpc) is 2.73. The summed E-state index contributed by atoms with van der Waals surface area (Å²) in [6.07, 6.45) is -0.717. The molecule has 0 aromatic heterocycles. The molecule has 0 amide bonds. The van der Waals surface area contributed by atoms with E-state index in [0.717, 1.165) is 5.56 Å². The van der Waals surface area contributed by atoms with Crippen molar-refractivity contribution in [2.24, 2.45) is 0 Å². The molecule has 3 aromatic carbocycles. The second kappa shape index (κ2) is 9.01. The third-order valence-electron chi connectivity index (χ3n) is 4.42. The van der Waals surface area contributed by atoms with Crippen LogP contribution in [0.15, 0.2) is 89.8 Å². The number of aliphatic hydroxyl groups is 1. The Labute approximate surface area is 165 Å². The normalized spacial score (nSPS) is 13.6. The summed E-state index contributed by atoms with van der Waals surface area (Å²) in [5, 5.41) is 13.7. The highest BCUT2D eigenvalue weighted by Gasteiger charge is 2.16. The van der Waals surface area contributed by atoms with Crippen LogP contribution in [0.4, 0.5) is 0 Å². The maximum Gasteiger partial charge on any atom is 0.339 e. The Hall–Kier alpha value is -2.67. The molecule has 2 N–H and O–H groups in total. The summed E-state index contributed by atoms with van der Waals surface area (Å²) >= 11 is 0. The third kappa shape index (κ3) is 5.19. The van der Waals surface area contributed by atoms with Crippen molar-refractivity contribution in [1.82, 2.24) is 5.32 Å². The summed E-state index contributed by atoms with van der Waals surface area (Å²) in [5.74, 6) is 0.199. The topological polar surface area (TPSA) is 75.6 Å². The molecular formula is C22H23NO4S. The van der Waals surface area contributed by atoms with Crippen LogP contribution in [0.25, 0.3) is 0 Å². The van der Waals surface area contributed by atoms with Gasteiger partial charge in [0.15, 0.2) is 0 Å². The molecule has 0 aliphatic heterocycles. The van der Waals surface area contributed by atoms with Gasteiger partial charge in [-0.3, -0.25) is 0 Å². The maximum atomic E-state index is 12.3. The summed E-state index contributed by atoms with van der Waals surface area (Å²) in [6.45, 7) is 2.41. The Kier molecular flexibility index (Phi) is 6.46. The Morgan fingerprint density at radius 1 is 0.857 bits per heavy atom. The van der Waals surface area contributed by atoms with Crippen molar-refractivity contribution in [2.75, 3.05) is 6.54 Å². The SMILES string of the molecule is C[C@@H](NC[C@H](O)c1ccc(OS(=O)(=O)c2ccccc2)cc1)c1ccccc1. The van der Waals surface area contributed by atoms with Crippen LogP contribution in [0.3, 0.4) is 0 Å². The molecular weight excluding hydrogens is 374 g/mol. The van der Waals surface area contributed by atoms with E-state index in [9.17, 15) is 13.5 Å². The largest absolute Gasteiger partial charge is 0.387 e. The lowest BCUT2D eigenvalue weighted by atomic mass is 10.1. The number of aliphatic hydroxyl groups excluding tert-OH is 1. The van der Waals surface area contributed by atoms with Crippen LogP contribution in [0.2, 0.25) is 0 Å². The van der Waals surface area contributed by atoms with Crippen molar-refractivity contribution in [1.29, 1.82) is 0 Å². The summed E-state index contributed by atoms with van der Waals surface area (Å²) in [5.41, 5.74) is 1.82. The van der Waals surface area contributed by atoms with Crippen molar-refractivity contribution in [3.8, 4) is 5.75 Å². The van der Waals surface area contributed by atoms with Crippen LogP contribution in [0.5, 0.6) is 5.75 Å². The molecule has 0 heterocycles. The van der Waals surface area contributed by atoms with Crippen molar-refractivity contribution in [3.05, 3.63) is 96.1 Å². The quantitative estimate of drug-likeness (QED) is 0.565. The first-order valence-electron chi connectivity index (χ1n) is 9.01. The molecule has 5 nitrogen and oxygen atoms in total. The van der Waals surface area contributed by atoms with Crippen LogP contribution < -0.4 is 9.50 Å². The first-order valence-corrected chi connectivity index (χ1v) is 10.4. The lowest BCUT2D eigenvalue weighted by Gasteiger charge is -2.18. The molecule has 28 heavy (non-hydrogen) atoms. The minimum atomic E-state index is -3.87. The van der Waals surface area contributed by atoms with Gasteiger partial charge in [0.2, 0.25) is 0 Å². The standard InChI is InChI=1S/C22H23NO4S/c1-17(18-8-4-2-5-9-18)23-16-22(24)19-12-14-20(15-13-19)27-28(25,26)21-10-6-3-7-11-21/h2-15,17,22-24H,16H2,1H3/t17-,22+/m1/s1. The number of benzene rings is 3. The zero-order valence-corrected chi connectivity index (χ0v) is 16.3. The van der Waals surface area contributed by atoms with Crippen molar-refractivity contribution >= 4 is 10.1 Å². The van der Waals surface area contributed by atoms with Crippen LogP contribution in [-0.4, -0.2) is 20.1 Å². The summed E-state index contributed by atoms with van der Waals surface area (Å²) in [4.78, 5) is 0.0956. The zero-order valence-electron chi connectivity index (χ0n) is 15.5. The highest BCUT2D eigenvalue weighted by atomic mass is 32.2. The van der Waals surface area contributed by atoms with Crippen LogP contribution in [0, 0.1) is 0 Å². The Morgan fingerprint density at radius 2 is 1.43 bits per heavy atom. The predicted octanol–water partition coefficient (Wildman–Crippen LogP) is 3.84. The number of nitrogens with one attached hydrogen (secondary N) is 1. The van der Waals surface area contributed by atoms with Gasteiger partial charge in [0, 0.05) is 12.6 Å². The van der Waals surface area contributed by atoms with Gasteiger partial charge in [-0.2, -0.15) is 8.42 Å². The van der Waals surface area contributed by atoms with Gasteiger partial charge in [-0.1, -0.05) is 60.7 Å². The summed E-state index contributed by atoms with van der Waals surface area (Å²) in [6, 6.07) is 24.5. The Balaban J connectivity index is 1.59. The fourth-order valence-corrected chi connectivity index (χ4v) is 3.72. The van der Waals surface area contributed by atoms with Crippen molar-refractivity contribution in [3.63, 3.8) is 0 Å². The number of rotatable bonds is 8. The van der Waals surface area contributed by atoms with Crippen LogP contribution in [-0.2, 0) is 10.1 Å². The Bertz CT molecular complexity index is 974. The van der Waals surface area contributed by atoms with Gasteiger partial charge in [-0.05, 0) is 42.3 Å². The smallest absolute Gasteiger partial charge is 0.339 e. The fourth-order valence-electron chi connectivity index (χ4n) is 2.77. The highest BCUT2D eigenvalue weighted by molar-refractivity contribution is 7.87. The average molecular weight is 397 g/mol. The molecule has 3 aromatic rings. The number of hydrogen-bond acceptors (Lipinski definition) is 5. The second-order valence-electron chi connectivity index (χ2n) is 6.48. The predicted molar refractivity (Wildman–Crippen MR) is 109 cm³/mol. The first kappa shape index (κ1) is 20.1. The molecule has 0 unspecified atom stereocenters. The van der Waals surface area contributed by atoms with E-state index in [1.54, 1.807) is 42.5 Å². The zero-order chi connectivity index (χ0) is 20.0. The van der Waals surface area contributed by atoms with E-state index in [1.165, 1.54) is 12.1 Å². The van der Waals surface area contributed by atoms with Gasteiger partial charge in [-0.15, -0.1) is 0 Å². The van der Waals surface area contributed by atoms with Gasteiger partial charge >= 0.3 is 10.1 Å². The molecule has 0 spiro atoms. The molecule has 146 valence electrons. The van der Waals surface area contributed by atoms with Gasteiger partial charge in [0.1, 0.15) is 10.6 Å². The molecule has 0 fully saturated rings.